The minimum Gasteiger partial charge on any atom is -0.310 e. The third kappa shape index (κ3) is 3.43. The lowest BCUT2D eigenvalue weighted by molar-refractivity contribution is 0.628. The summed E-state index contributed by atoms with van der Waals surface area (Å²) in [6.07, 6.45) is 8.96. The van der Waals surface area contributed by atoms with Crippen molar-refractivity contribution < 1.29 is 0 Å². The number of halogens is 1. The first-order chi connectivity index (χ1) is 8.31. The van der Waals surface area contributed by atoms with E-state index in [1.807, 2.05) is 0 Å². The molecule has 2 heteroatoms. The van der Waals surface area contributed by atoms with E-state index in [0.717, 1.165) is 4.47 Å². The van der Waals surface area contributed by atoms with E-state index in [4.69, 9.17) is 0 Å². The lowest BCUT2D eigenvalue weighted by Gasteiger charge is -2.20. The summed E-state index contributed by atoms with van der Waals surface area (Å²) in [6.45, 7) is 0. The van der Waals surface area contributed by atoms with Gasteiger partial charge in [-0.1, -0.05) is 46.1 Å². The van der Waals surface area contributed by atoms with Crippen LogP contribution >= 0.6 is 15.9 Å². The topological polar surface area (TPSA) is 12.0 Å². The highest BCUT2D eigenvalue weighted by molar-refractivity contribution is 9.10. The Hall–Kier alpha value is -0.600. The van der Waals surface area contributed by atoms with Gasteiger partial charge in [0.15, 0.2) is 0 Å². The molecule has 1 atom stereocenters. The van der Waals surface area contributed by atoms with Gasteiger partial charge in [0.2, 0.25) is 0 Å². The monoisotopic (exact) mass is 293 g/mol. The third-order valence-electron chi connectivity index (χ3n) is 3.42. The number of likely N-dealkylation sites (N-methyl/N-ethyl adjacent to an activating group) is 1. The van der Waals surface area contributed by atoms with Crippen LogP contribution in [0.2, 0.25) is 0 Å². The molecule has 1 aliphatic rings. The normalized spacial score (nSPS) is 18.4. The van der Waals surface area contributed by atoms with E-state index < -0.39 is 0 Å². The van der Waals surface area contributed by atoms with Crippen LogP contribution in [0.3, 0.4) is 0 Å². The molecule has 0 saturated heterocycles. The number of nitrogens with one attached hydrogen (secondary N) is 1. The van der Waals surface area contributed by atoms with E-state index in [1.54, 1.807) is 5.57 Å². The predicted molar refractivity (Wildman–Crippen MR) is 77.1 cm³/mol. The van der Waals surface area contributed by atoms with Crippen LogP contribution in [0, 0.1) is 0 Å². The first-order valence-electron chi connectivity index (χ1n) is 6.43. The molecule has 92 valence electrons. The summed E-state index contributed by atoms with van der Waals surface area (Å²) in [7, 11) is 2.05. The Kier molecular flexibility index (Phi) is 4.81. The first-order valence-corrected chi connectivity index (χ1v) is 7.22. The molecule has 0 saturated carbocycles. The molecule has 1 unspecified atom stereocenters. The first kappa shape index (κ1) is 12.8. The average molecular weight is 294 g/mol. The zero-order valence-corrected chi connectivity index (χ0v) is 12.0. The summed E-state index contributed by atoms with van der Waals surface area (Å²) in [4.78, 5) is 0. The second kappa shape index (κ2) is 6.36. The molecular formula is C15H20BrN. The Labute approximate surface area is 112 Å². The average Bonchev–Trinajstić information content (AvgIpc) is 2.59. The quantitative estimate of drug-likeness (QED) is 0.803. The van der Waals surface area contributed by atoms with Crippen LogP contribution in [0.15, 0.2) is 40.4 Å². The Morgan fingerprint density at radius 1 is 1.24 bits per heavy atom. The second-order valence-corrected chi connectivity index (χ2v) is 5.57. The van der Waals surface area contributed by atoms with Crippen LogP contribution in [-0.2, 0) is 0 Å². The van der Waals surface area contributed by atoms with Crippen molar-refractivity contribution in [2.45, 2.75) is 38.1 Å². The van der Waals surface area contributed by atoms with Gasteiger partial charge in [0, 0.05) is 4.47 Å². The smallest absolute Gasteiger partial charge is 0.0534 e. The summed E-state index contributed by atoms with van der Waals surface area (Å²) in [5.41, 5.74) is 2.91. The third-order valence-corrected chi connectivity index (χ3v) is 3.91. The summed E-state index contributed by atoms with van der Waals surface area (Å²) >= 11 is 3.55. The van der Waals surface area contributed by atoms with Gasteiger partial charge in [0.05, 0.1) is 6.04 Å². The Bertz CT molecular complexity index is 398. The summed E-state index contributed by atoms with van der Waals surface area (Å²) in [5.74, 6) is 0. The molecule has 1 aromatic carbocycles. The molecule has 0 amide bonds. The molecule has 0 heterocycles. The van der Waals surface area contributed by atoms with Crippen LogP contribution in [0.5, 0.6) is 0 Å². The molecule has 1 aliphatic carbocycles. The van der Waals surface area contributed by atoms with E-state index in [0.29, 0.717) is 6.04 Å². The minimum atomic E-state index is 0.380. The summed E-state index contributed by atoms with van der Waals surface area (Å²) in [5, 5.41) is 3.45. The van der Waals surface area contributed by atoms with Gasteiger partial charge in [-0.05, 0) is 50.4 Å². The van der Waals surface area contributed by atoms with Crippen LogP contribution in [0.4, 0.5) is 0 Å². The van der Waals surface area contributed by atoms with Gasteiger partial charge in [-0.15, -0.1) is 0 Å². The highest BCUT2D eigenvalue weighted by Gasteiger charge is 2.15. The highest BCUT2D eigenvalue weighted by atomic mass is 79.9. The fourth-order valence-corrected chi connectivity index (χ4v) is 2.97. The number of benzene rings is 1. The number of hydrogen-bond acceptors (Lipinski definition) is 1. The number of allylic oxidation sites excluding steroid dienone is 1. The van der Waals surface area contributed by atoms with Crippen molar-refractivity contribution in [2.24, 2.45) is 0 Å². The van der Waals surface area contributed by atoms with Crippen molar-refractivity contribution in [1.29, 1.82) is 0 Å². The van der Waals surface area contributed by atoms with E-state index in [-0.39, 0.29) is 0 Å². The molecular weight excluding hydrogens is 274 g/mol. The zero-order valence-electron chi connectivity index (χ0n) is 10.4. The van der Waals surface area contributed by atoms with E-state index >= 15 is 0 Å². The zero-order chi connectivity index (χ0) is 12.1. The van der Waals surface area contributed by atoms with Crippen LogP contribution < -0.4 is 5.32 Å². The molecule has 0 bridgehead atoms. The van der Waals surface area contributed by atoms with Crippen molar-refractivity contribution in [1.82, 2.24) is 5.32 Å². The van der Waals surface area contributed by atoms with Gasteiger partial charge in [-0.2, -0.15) is 0 Å². The van der Waals surface area contributed by atoms with Gasteiger partial charge in [0.1, 0.15) is 0 Å². The molecule has 0 aliphatic heterocycles. The van der Waals surface area contributed by atoms with Crippen LogP contribution in [0.1, 0.15) is 43.7 Å². The number of rotatable bonds is 3. The highest BCUT2D eigenvalue weighted by Crippen LogP contribution is 2.30. The molecule has 0 spiro atoms. The van der Waals surface area contributed by atoms with Crippen molar-refractivity contribution in [3.8, 4) is 0 Å². The Morgan fingerprint density at radius 3 is 2.88 bits per heavy atom. The van der Waals surface area contributed by atoms with Gasteiger partial charge in [-0.25, -0.2) is 0 Å². The van der Waals surface area contributed by atoms with Gasteiger partial charge in [-0.3, -0.25) is 0 Å². The maximum absolute atomic E-state index is 3.55. The maximum atomic E-state index is 3.55. The molecule has 0 aromatic heterocycles. The van der Waals surface area contributed by atoms with Crippen molar-refractivity contribution in [2.75, 3.05) is 7.05 Å². The van der Waals surface area contributed by atoms with Gasteiger partial charge < -0.3 is 5.32 Å². The fraction of sp³-hybridized carbons (Fsp3) is 0.467. The van der Waals surface area contributed by atoms with Crippen molar-refractivity contribution in [3.05, 3.63) is 46.0 Å². The van der Waals surface area contributed by atoms with Crippen molar-refractivity contribution in [3.63, 3.8) is 0 Å². The molecule has 1 N–H and O–H groups in total. The lowest BCUT2D eigenvalue weighted by Crippen LogP contribution is -2.18. The molecule has 1 aromatic rings. The minimum absolute atomic E-state index is 0.380. The molecule has 1 nitrogen and oxygen atoms in total. The lowest BCUT2D eigenvalue weighted by atomic mass is 9.95. The summed E-state index contributed by atoms with van der Waals surface area (Å²) < 4.78 is 1.16. The van der Waals surface area contributed by atoms with E-state index in [9.17, 15) is 0 Å². The fourth-order valence-electron chi connectivity index (χ4n) is 2.55. The largest absolute Gasteiger partial charge is 0.310 e. The Balaban J connectivity index is 2.23. The molecule has 17 heavy (non-hydrogen) atoms. The van der Waals surface area contributed by atoms with Gasteiger partial charge >= 0.3 is 0 Å². The van der Waals surface area contributed by atoms with E-state index in [1.165, 1.54) is 37.7 Å². The molecule has 2 rings (SSSR count). The standard InChI is InChI=1S/C15H20BrN/c1-17-15(12-7-4-2-3-5-8-12)13-9-6-10-14(16)11-13/h6-7,9-11,15,17H,2-5,8H2,1H3. The summed E-state index contributed by atoms with van der Waals surface area (Å²) in [6, 6.07) is 8.99. The SMILES string of the molecule is CNC(C1=CCCCCC1)c1cccc(Br)c1. The number of hydrogen-bond donors (Lipinski definition) is 1. The Morgan fingerprint density at radius 2 is 2.12 bits per heavy atom. The molecule has 0 fully saturated rings. The maximum Gasteiger partial charge on any atom is 0.0534 e. The molecule has 0 radical (unpaired) electrons. The van der Waals surface area contributed by atoms with Crippen LogP contribution in [-0.4, -0.2) is 7.05 Å². The van der Waals surface area contributed by atoms with Crippen LogP contribution in [0.25, 0.3) is 0 Å². The van der Waals surface area contributed by atoms with E-state index in [2.05, 4.69) is 58.6 Å². The van der Waals surface area contributed by atoms with Crippen molar-refractivity contribution >= 4 is 15.9 Å². The van der Waals surface area contributed by atoms with Gasteiger partial charge in [0.25, 0.3) is 0 Å². The second-order valence-electron chi connectivity index (χ2n) is 4.66. The predicted octanol–water partition coefficient (Wildman–Crippen LogP) is 4.60.